The number of nitrogens with zero attached hydrogens (tertiary/aromatic N) is 1. The van der Waals surface area contributed by atoms with E-state index < -0.39 is 0 Å². The van der Waals surface area contributed by atoms with Gasteiger partial charge >= 0.3 is 0 Å². The van der Waals surface area contributed by atoms with E-state index in [-0.39, 0.29) is 18.3 Å². The molecule has 0 saturated heterocycles. The first-order valence-electron chi connectivity index (χ1n) is 7.32. The average Bonchev–Trinajstić information content (AvgIpc) is 3.04. The summed E-state index contributed by atoms with van der Waals surface area (Å²) in [6, 6.07) is 10.4. The predicted octanol–water partition coefficient (Wildman–Crippen LogP) is 4.27. The van der Waals surface area contributed by atoms with Crippen LogP contribution in [0.5, 0.6) is 0 Å². The molecule has 0 aliphatic rings. The molecule has 0 saturated carbocycles. The molecule has 3 rings (SSSR count). The molecule has 118 valence electrons. The lowest BCUT2D eigenvalue weighted by molar-refractivity contribution is 0.0942. The molecule has 0 unspecified atom stereocenters. The fourth-order valence-corrected chi connectivity index (χ4v) is 3.55. The summed E-state index contributed by atoms with van der Waals surface area (Å²) >= 11 is 1.65. The van der Waals surface area contributed by atoms with Crippen LogP contribution in [0.25, 0.3) is 10.2 Å². The van der Waals surface area contributed by atoms with E-state index in [4.69, 9.17) is 0 Å². The summed E-state index contributed by atoms with van der Waals surface area (Å²) in [5.41, 5.74) is 2.08. The Morgan fingerprint density at radius 1 is 1.39 bits per heavy atom. The molecule has 5 heteroatoms. The Morgan fingerprint density at radius 3 is 2.91 bits per heavy atom. The molecule has 0 spiro atoms. The van der Waals surface area contributed by atoms with Crippen LogP contribution < -0.4 is 5.32 Å². The zero-order valence-corrected chi connectivity index (χ0v) is 13.6. The number of nitrogens with one attached hydrogen (secondary N) is 1. The van der Waals surface area contributed by atoms with Gasteiger partial charge in [-0.1, -0.05) is 24.3 Å². The number of aromatic nitrogens is 1. The Labute approximate surface area is 138 Å². The summed E-state index contributed by atoms with van der Waals surface area (Å²) < 4.78 is 16.6. The second-order valence-corrected chi connectivity index (χ2v) is 6.60. The van der Waals surface area contributed by atoms with Gasteiger partial charge in [0.05, 0.1) is 10.2 Å². The minimum atomic E-state index is -0.314. The van der Waals surface area contributed by atoms with Gasteiger partial charge in [-0.25, -0.2) is 4.39 Å². The Kier molecular flexibility index (Phi) is 4.30. The van der Waals surface area contributed by atoms with E-state index in [9.17, 15) is 9.18 Å². The molecule has 0 bridgehead atoms. The Balaban J connectivity index is 1.85. The van der Waals surface area contributed by atoms with Crippen LogP contribution >= 0.6 is 11.3 Å². The Bertz CT molecular complexity index is 878. The highest BCUT2D eigenvalue weighted by molar-refractivity contribution is 7.19. The van der Waals surface area contributed by atoms with E-state index in [1.807, 2.05) is 17.6 Å². The third kappa shape index (κ3) is 3.05. The first-order valence-corrected chi connectivity index (χ1v) is 8.14. The molecule has 3 aromatic rings. The van der Waals surface area contributed by atoms with Crippen LogP contribution in [0.4, 0.5) is 4.39 Å². The van der Waals surface area contributed by atoms with Gasteiger partial charge in [-0.3, -0.25) is 4.79 Å². The highest BCUT2D eigenvalue weighted by atomic mass is 32.1. The lowest BCUT2D eigenvalue weighted by atomic mass is 10.2. The molecule has 2 aromatic heterocycles. The SMILES string of the molecule is C=CCn1c(C(=O)NCc2ccccc2F)cc2sc(C)cc21. The molecule has 1 aromatic carbocycles. The van der Waals surface area contributed by atoms with Crippen LogP contribution in [0.15, 0.2) is 49.1 Å². The van der Waals surface area contributed by atoms with Crippen LogP contribution in [0, 0.1) is 12.7 Å². The van der Waals surface area contributed by atoms with Crippen molar-refractivity contribution in [3.8, 4) is 0 Å². The zero-order chi connectivity index (χ0) is 16.4. The second kappa shape index (κ2) is 6.38. The van der Waals surface area contributed by atoms with Gasteiger partial charge < -0.3 is 9.88 Å². The molecule has 0 aliphatic heterocycles. The van der Waals surface area contributed by atoms with E-state index in [1.165, 1.54) is 10.9 Å². The maximum absolute atomic E-state index is 13.6. The van der Waals surface area contributed by atoms with E-state index in [1.54, 1.807) is 35.6 Å². The third-order valence-corrected chi connectivity index (χ3v) is 4.64. The van der Waals surface area contributed by atoms with Gasteiger partial charge in [0.1, 0.15) is 11.5 Å². The number of thiophene rings is 1. The third-order valence-electron chi connectivity index (χ3n) is 3.65. The van der Waals surface area contributed by atoms with Crippen molar-refractivity contribution in [2.45, 2.75) is 20.0 Å². The summed E-state index contributed by atoms with van der Waals surface area (Å²) in [4.78, 5) is 13.7. The van der Waals surface area contributed by atoms with Crippen molar-refractivity contribution in [1.82, 2.24) is 9.88 Å². The maximum Gasteiger partial charge on any atom is 0.268 e. The number of halogens is 1. The maximum atomic E-state index is 13.6. The molecule has 23 heavy (non-hydrogen) atoms. The molecule has 1 amide bonds. The van der Waals surface area contributed by atoms with Crippen LogP contribution in [0.1, 0.15) is 20.9 Å². The topological polar surface area (TPSA) is 34.0 Å². The van der Waals surface area contributed by atoms with Gasteiger partial charge in [0, 0.05) is 23.5 Å². The first-order chi connectivity index (χ1) is 11.1. The van der Waals surface area contributed by atoms with Crippen molar-refractivity contribution in [2.24, 2.45) is 0 Å². The van der Waals surface area contributed by atoms with Crippen LogP contribution in [-0.2, 0) is 13.1 Å². The molecule has 0 fully saturated rings. The largest absolute Gasteiger partial charge is 0.347 e. The average molecular weight is 328 g/mol. The minimum absolute atomic E-state index is 0.164. The number of rotatable bonds is 5. The summed E-state index contributed by atoms with van der Waals surface area (Å²) in [5, 5.41) is 2.79. The number of carbonyl (C=O) groups is 1. The van der Waals surface area contributed by atoms with E-state index in [0.29, 0.717) is 17.8 Å². The Morgan fingerprint density at radius 2 is 2.17 bits per heavy atom. The minimum Gasteiger partial charge on any atom is -0.347 e. The lowest BCUT2D eigenvalue weighted by Gasteiger charge is -2.09. The summed E-state index contributed by atoms with van der Waals surface area (Å²) in [5.74, 6) is -0.526. The number of hydrogen-bond donors (Lipinski definition) is 1. The normalized spacial score (nSPS) is 10.9. The quantitative estimate of drug-likeness (QED) is 0.697. The van der Waals surface area contributed by atoms with Gasteiger partial charge in [0.15, 0.2) is 0 Å². The van der Waals surface area contributed by atoms with Crippen LogP contribution in [-0.4, -0.2) is 10.5 Å². The van der Waals surface area contributed by atoms with Crippen molar-refractivity contribution in [2.75, 3.05) is 0 Å². The van der Waals surface area contributed by atoms with Gasteiger partial charge in [0.25, 0.3) is 5.91 Å². The van der Waals surface area contributed by atoms with Crippen LogP contribution in [0.2, 0.25) is 0 Å². The number of allylic oxidation sites excluding steroid dienone is 1. The summed E-state index contributed by atoms with van der Waals surface area (Å²) in [6.07, 6.45) is 1.76. The first kappa shape index (κ1) is 15.5. The van der Waals surface area contributed by atoms with Crippen molar-refractivity contribution >= 4 is 27.5 Å². The van der Waals surface area contributed by atoms with Crippen molar-refractivity contribution in [3.63, 3.8) is 0 Å². The fraction of sp³-hybridized carbons (Fsp3) is 0.167. The molecular weight excluding hydrogens is 311 g/mol. The molecule has 1 N–H and O–H groups in total. The number of amides is 1. The van der Waals surface area contributed by atoms with E-state index >= 15 is 0 Å². The fourth-order valence-electron chi connectivity index (χ4n) is 2.59. The monoisotopic (exact) mass is 328 g/mol. The smallest absolute Gasteiger partial charge is 0.268 e. The zero-order valence-electron chi connectivity index (χ0n) is 12.8. The second-order valence-electron chi connectivity index (χ2n) is 5.31. The highest BCUT2D eigenvalue weighted by Crippen LogP contribution is 2.28. The molecule has 3 nitrogen and oxygen atoms in total. The van der Waals surface area contributed by atoms with Gasteiger partial charge in [0.2, 0.25) is 0 Å². The predicted molar refractivity (Wildman–Crippen MR) is 92.3 cm³/mol. The molecule has 0 atom stereocenters. The summed E-state index contributed by atoms with van der Waals surface area (Å²) in [7, 11) is 0. The molecule has 0 aliphatic carbocycles. The standard InChI is InChI=1S/C18H17FN2OS/c1-3-8-21-15-9-12(2)23-17(15)10-16(21)18(22)20-11-13-6-4-5-7-14(13)19/h3-7,9-10H,1,8,11H2,2H3,(H,20,22). The highest BCUT2D eigenvalue weighted by Gasteiger charge is 2.16. The number of benzene rings is 1. The number of fused-ring (bicyclic) bond motifs is 1. The lowest BCUT2D eigenvalue weighted by Crippen LogP contribution is -2.25. The van der Waals surface area contributed by atoms with Crippen LogP contribution in [0.3, 0.4) is 0 Å². The van der Waals surface area contributed by atoms with E-state index in [0.717, 1.165) is 10.2 Å². The summed E-state index contributed by atoms with van der Waals surface area (Å²) in [6.45, 7) is 6.52. The number of hydrogen-bond acceptors (Lipinski definition) is 2. The van der Waals surface area contributed by atoms with Crippen molar-refractivity contribution in [3.05, 3.63) is 71.0 Å². The van der Waals surface area contributed by atoms with Crippen molar-refractivity contribution in [1.29, 1.82) is 0 Å². The number of aryl methyl sites for hydroxylation is 1. The molecule has 2 heterocycles. The number of carbonyl (C=O) groups excluding carboxylic acids is 1. The molecular formula is C18H17FN2OS. The van der Waals surface area contributed by atoms with E-state index in [2.05, 4.69) is 18.0 Å². The van der Waals surface area contributed by atoms with Gasteiger partial charge in [-0.2, -0.15) is 0 Å². The van der Waals surface area contributed by atoms with Gasteiger partial charge in [-0.15, -0.1) is 17.9 Å². The Hall–Kier alpha value is -2.40. The van der Waals surface area contributed by atoms with Crippen molar-refractivity contribution < 1.29 is 9.18 Å². The molecule has 0 radical (unpaired) electrons. The van der Waals surface area contributed by atoms with Gasteiger partial charge in [-0.05, 0) is 25.1 Å².